The number of sulfonamides is 1. The van der Waals surface area contributed by atoms with Crippen molar-refractivity contribution in [3.8, 4) is 0 Å². The summed E-state index contributed by atoms with van der Waals surface area (Å²) in [5, 5.41) is 9.04. The van der Waals surface area contributed by atoms with Gasteiger partial charge in [0.05, 0.1) is 0 Å². The number of nitrogens with one attached hydrogen (secondary N) is 1. The molecule has 1 saturated carbocycles. The summed E-state index contributed by atoms with van der Waals surface area (Å²) in [6.07, 6.45) is 5.18. The van der Waals surface area contributed by atoms with E-state index in [4.69, 9.17) is 5.11 Å². The molecule has 0 aliphatic heterocycles. The van der Waals surface area contributed by atoms with Gasteiger partial charge >= 0.3 is 5.97 Å². The summed E-state index contributed by atoms with van der Waals surface area (Å²) in [4.78, 5) is 11.1. The predicted octanol–water partition coefficient (Wildman–Crippen LogP) is 3.00. The highest BCUT2D eigenvalue weighted by Crippen LogP contribution is 2.28. The monoisotopic (exact) mass is 331 g/mol. The van der Waals surface area contributed by atoms with Crippen molar-refractivity contribution in [1.82, 2.24) is 4.72 Å². The average molecular weight is 331 g/mol. The van der Waals surface area contributed by atoms with Gasteiger partial charge in [0.2, 0.25) is 10.0 Å². The molecule has 0 saturated heterocycles. The van der Waals surface area contributed by atoms with E-state index in [9.17, 15) is 13.2 Å². The average Bonchev–Trinajstić information content (AvgIpc) is 2.69. The zero-order valence-corrected chi connectivity index (χ0v) is 13.9. The fourth-order valence-corrected chi connectivity index (χ4v) is 5.50. The maximum atomic E-state index is 12.5. The minimum atomic E-state index is -3.64. The minimum absolute atomic E-state index is 0.0619. The number of thiophene rings is 1. The Bertz CT molecular complexity index is 621. The second kappa shape index (κ2) is 6.46. The second-order valence-corrected chi connectivity index (χ2v) is 8.72. The van der Waals surface area contributed by atoms with Crippen molar-refractivity contribution in [3.05, 3.63) is 16.5 Å². The van der Waals surface area contributed by atoms with Gasteiger partial charge in [-0.2, -0.15) is 0 Å². The molecule has 0 amide bonds. The number of carbonyl (C=O) groups is 1. The van der Waals surface area contributed by atoms with Crippen molar-refractivity contribution in [2.24, 2.45) is 5.92 Å². The fraction of sp³-hybridized carbons (Fsp3) is 0.643. The first-order valence-electron chi connectivity index (χ1n) is 7.17. The lowest BCUT2D eigenvalue weighted by atomic mass is 9.98. The molecule has 1 aliphatic carbocycles. The van der Waals surface area contributed by atoms with Crippen LogP contribution in [0.2, 0.25) is 0 Å². The summed E-state index contributed by atoms with van der Waals surface area (Å²) in [5.74, 6) is -0.774. The summed E-state index contributed by atoms with van der Waals surface area (Å²) >= 11 is 0.820. The van der Waals surface area contributed by atoms with Gasteiger partial charge in [0, 0.05) is 6.04 Å². The van der Waals surface area contributed by atoms with E-state index < -0.39 is 16.0 Å². The fourth-order valence-electron chi connectivity index (χ4n) is 2.72. The molecule has 1 aromatic rings. The Balaban J connectivity index is 2.21. The zero-order chi connectivity index (χ0) is 15.6. The number of carboxylic acid groups (broad SMARTS) is 1. The molecule has 5 nitrogen and oxygen atoms in total. The Morgan fingerprint density at radius 1 is 1.33 bits per heavy atom. The van der Waals surface area contributed by atoms with Crippen LogP contribution in [0.3, 0.4) is 0 Å². The second-order valence-electron chi connectivity index (χ2n) is 5.73. The lowest BCUT2D eigenvalue weighted by Gasteiger charge is -2.22. The normalized spacial score (nSPS) is 23.7. The summed E-state index contributed by atoms with van der Waals surface area (Å²) in [6.45, 7) is 3.69. The van der Waals surface area contributed by atoms with Crippen molar-refractivity contribution in [1.29, 1.82) is 0 Å². The first-order chi connectivity index (χ1) is 9.81. The Morgan fingerprint density at radius 3 is 2.62 bits per heavy atom. The van der Waals surface area contributed by atoms with Gasteiger partial charge in [0.1, 0.15) is 9.09 Å². The Morgan fingerprint density at radius 2 is 2.00 bits per heavy atom. The molecule has 1 fully saturated rings. The Kier molecular flexibility index (Phi) is 5.06. The highest BCUT2D eigenvalue weighted by molar-refractivity contribution is 7.91. The molecule has 0 spiro atoms. The minimum Gasteiger partial charge on any atom is -0.477 e. The lowest BCUT2D eigenvalue weighted by molar-refractivity contribution is 0.0701. The topological polar surface area (TPSA) is 83.5 Å². The van der Waals surface area contributed by atoms with E-state index in [1.165, 1.54) is 6.07 Å². The van der Waals surface area contributed by atoms with Crippen LogP contribution in [0.15, 0.2) is 10.3 Å². The van der Waals surface area contributed by atoms with Gasteiger partial charge in [-0.3, -0.25) is 0 Å². The van der Waals surface area contributed by atoms with E-state index in [0.717, 1.165) is 43.4 Å². The number of hydrogen-bond acceptors (Lipinski definition) is 4. The molecule has 2 unspecified atom stereocenters. The smallest absolute Gasteiger partial charge is 0.346 e. The molecule has 1 aliphatic rings. The maximum Gasteiger partial charge on any atom is 0.346 e. The highest BCUT2D eigenvalue weighted by atomic mass is 32.2. The molecule has 0 aromatic carbocycles. The number of carboxylic acids is 1. The van der Waals surface area contributed by atoms with E-state index in [1.54, 1.807) is 6.92 Å². The van der Waals surface area contributed by atoms with E-state index in [0.29, 0.717) is 11.5 Å². The van der Waals surface area contributed by atoms with Crippen molar-refractivity contribution >= 4 is 27.3 Å². The first-order valence-corrected chi connectivity index (χ1v) is 9.47. The molecule has 1 aromatic heterocycles. The third kappa shape index (κ3) is 3.84. The third-order valence-corrected chi connectivity index (χ3v) is 7.21. The predicted molar refractivity (Wildman–Crippen MR) is 82.4 cm³/mol. The number of hydrogen-bond donors (Lipinski definition) is 2. The largest absolute Gasteiger partial charge is 0.477 e. The van der Waals surface area contributed by atoms with Crippen LogP contribution in [0, 0.1) is 12.8 Å². The van der Waals surface area contributed by atoms with Crippen LogP contribution < -0.4 is 4.72 Å². The first kappa shape index (κ1) is 16.5. The molecular weight excluding hydrogens is 310 g/mol. The standard InChI is InChI=1S/C14H21NO4S2/c1-9-6-4-3-5-7-11(9)15-21(18,19)12-8-10(2)13(20-12)14(16)17/h8-9,11,15H,3-7H2,1-2H3,(H,16,17). The number of aryl methyl sites for hydroxylation is 1. The van der Waals surface area contributed by atoms with Gasteiger partial charge in [-0.1, -0.05) is 26.2 Å². The van der Waals surface area contributed by atoms with Crippen molar-refractivity contribution < 1.29 is 18.3 Å². The van der Waals surface area contributed by atoms with Gasteiger partial charge in [-0.25, -0.2) is 17.9 Å². The number of rotatable bonds is 4. The quantitative estimate of drug-likeness (QED) is 0.831. The van der Waals surface area contributed by atoms with Gasteiger partial charge in [0.25, 0.3) is 0 Å². The van der Waals surface area contributed by atoms with Gasteiger partial charge in [0.15, 0.2) is 0 Å². The molecule has 7 heteroatoms. The third-order valence-electron chi connectivity index (χ3n) is 4.02. The summed E-state index contributed by atoms with van der Waals surface area (Å²) < 4.78 is 27.8. The summed E-state index contributed by atoms with van der Waals surface area (Å²) in [7, 11) is -3.64. The highest BCUT2D eigenvalue weighted by Gasteiger charge is 2.28. The van der Waals surface area contributed by atoms with E-state index in [1.807, 2.05) is 0 Å². The Labute approximate surface area is 129 Å². The van der Waals surface area contributed by atoms with Gasteiger partial charge < -0.3 is 5.11 Å². The number of aromatic carboxylic acids is 1. The molecule has 21 heavy (non-hydrogen) atoms. The molecule has 0 radical (unpaired) electrons. The summed E-state index contributed by atoms with van der Waals surface area (Å²) in [6, 6.07) is 1.38. The molecule has 118 valence electrons. The molecular formula is C14H21NO4S2. The van der Waals surface area contributed by atoms with E-state index in [2.05, 4.69) is 11.6 Å². The summed E-state index contributed by atoms with van der Waals surface area (Å²) in [5.41, 5.74) is 0.488. The van der Waals surface area contributed by atoms with E-state index in [-0.39, 0.29) is 15.1 Å². The zero-order valence-electron chi connectivity index (χ0n) is 12.3. The van der Waals surface area contributed by atoms with Gasteiger partial charge in [-0.05, 0) is 37.3 Å². The Hall–Kier alpha value is -0.920. The molecule has 2 N–H and O–H groups in total. The van der Waals surface area contributed by atoms with Gasteiger partial charge in [-0.15, -0.1) is 11.3 Å². The molecule has 1 heterocycles. The van der Waals surface area contributed by atoms with Crippen LogP contribution in [0.4, 0.5) is 0 Å². The van der Waals surface area contributed by atoms with Crippen molar-refractivity contribution in [2.45, 2.75) is 56.2 Å². The van der Waals surface area contributed by atoms with Crippen LogP contribution in [-0.4, -0.2) is 25.5 Å². The van der Waals surface area contributed by atoms with E-state index >= 15 is 0 Å². The lowest BCUT2D eigenvalue weighted by Crippen LogP contribution is -2.38. The van der Waals surface area contributed by atoms with Crippen LogP contribution in [0.5, 0.6) is 0 Å². The molecule has 2 rings (SSSR count). The molecule has 0 bridgehead atoms. The van der Waals surface area contributed by atoms with Crippen LogP contribution in [0.1, 0.15) is 54.3 Å². The van der Waals surface area contributed by atoms with Crippen LogP contribution in [0.25, 0.3) is 0 Å². The SMILES string of the molecule is Cc1cc(S(=O)(=O)NC2CCCCCC2C)sc1C(=O)O. The van der Waals surface area contributed by atoms with Crippen LogP contribution in [-0.2, 0) is 10.0 Å². The molecule has 2 atom stereocenters. The maximum absolute atomic E-state index is 12.5. The van der Waals surface area contributed by atoms with Crippen molar-refractivity contribution in [2.75, 3.05) is 0 Å². The van der Waals surface area contributed by atoms with Crippen LogP contribution >= 0.6 is 11.3 Å². The van der Waals surface area contributed by atoms with Crippen molar-refractivity contribution in [3.63, 3.8) is 0 Å².